The highest BCUT2D eigenvalue weighted by molar-refractivity contribution is 5.84. The van der Waals surface area contributed by atoms with E-state index in [2.05, 4.69) is 5.32 Å². The summed E-state index contributed by atoms with van der Waals surface area (Å²) in [7, 11) is 0. The van der Waals surface area contributed by atoms with Gasteiger partial charge in [0, 0.05) is 11.4 Å². The van der Waals surface area contributed by atoms with Crippen LogP contribution in [0.25, 0.3) is 0 Å². The smallest absolute Gasteiger partial charge is 0.411 e. The van der Waals surface area contributed by atoms with Gasteiger partial charge in [0.05, 0.1) is 6.10 Å². The topological polar surface area (TPSA) is 106 Å². The van der Waals surface area contributed by atoms with E-state index in [1.807, 2.05) is 5.32 Å². The van der Waals surface area contributed by atoms with E-state index in [0.717, 1.165) is 12.1 Å². The molecule has 0 saturated carbocycles. The van der Waals surface area contributed by atoms with Crippen LogP contribution in [0.5, 0.6) is 23.0 Å². The van der Waals surface area contributed by atoms with Gasteiger partial charge in [-0.2, -0.15) is 17.6 Å². The number of halogens is 4. The number of carboxylic acid groups (broad SMARTS) is 1. The van der Waals surface area contributed by atoms with Crippen molar-refractivity contribution in [2.75, 3.05) is 10.6 Å². The maximum Gasteiger partial charge on any atom is 0.411 e. The maximum absolute atomic E-state index is 14.5. The van der Waals surface area contributed by atoms with Crippen LogP contribution in [0.3, 0.4) is 0 Å². The minimum absolute atomic E-state index is 0.130. The fourth-order valence-corrected chi connectivity index (χ4v) is 2.70. The van der Waals surface area contributed by atoms with Gasteiger partial charge in [0.15, 0.2) is 0 Å². The Hall–Kier alpha value is -4.48. The van der Waals surface area contributed by atoms with E-state index in [-0.39, 0.29) is 29.0 Å². The summed E-state index contributed by atoms with van der Waals surface area (Å²) in [5.41, 5.74) is 0.402. The molecule has 0 fully saturated rings. The number of amides is 2. The van der Waals surface area contributed by atoms with Crippen molar-refractivity contribution in [3.8, 4) is 23.0 Å². The van der Waals surface area contributed by atoms with Crippen LogP contribution >= 0.6 is 0 Å². The maximum atomic E-state index is 14.5. The van der Waals surface area contributed by atoms with Crippen molar-refractivity contribution in [1.82, 2.24) is 0 Å². The molecule has 0 aromatic heterocycles. The largest absolute Gasteiger partial charge is 0.465 e. The second-order valence-corrected chi connectivity index (χ2v) is 7.18. The van der Waals surface area contributed by atoms with Gasteiger partial charge in [0.1, 0.15) is 11.5 Å². The van der Waals surface area contributed by atoms with Crippen LogP contribution in [-0.4, -0.2) is 23.4 Å². The fourth-order valence-electron chi connectivity index (χ4n) is 2.70. The summed E-state index contributed by atoms with van der Waals surface area (Å²) in [5.74, 6) is -10.5. The number of hydrogen-bond acceptors (Lipinski definition) is 5. The van der Waals surface area contributed by atoms with E-state index in [9.17, 15) is 27.2 Å². The third-order valence-electron chi connectivity index (χ3n) is 4.17. The number of carbonyl (C=O) groups excluding carboxylic acids is 1. The molecule has 0 aliphatic heterocycles. The molecule has 8 nitrogen and oxygen atoms in total. The SMILES string of the molecule is CC(C)OC(=O)Nc1ccc(Oc2c(F)c(F)c(Oc3ccc(NC(=O)O)cc3)c(F)c2F)cc1. The van der Waals surface area contributed by atoms with Crippen LogP contribution < -0.4 is 20.1 Å². The molecule has 3 aromatic rings. The highest BCUT2D eigenvalue weighted by Gasteiger charge is 2.29. The van der Waals surface area contributed by atoms with Crippen LogP contribution in [0.4, 0.5) is 38.5 Å². The standard InChI is InChI=1S/C23H18F4N2O6/c1-11(2)33-23(32)29-13-5-9-15(10-6-13)35-21-18(26)16(24)20(17(25)19(21)27)34-14-7-3-12(4-8-14)28-22(30)31/h3-11,28H,1-2H3,(H,29,32)(H,30,31). The summed E-state index contributed by atoms with van der Waals surface area (Å²) in [6, 6.07) is 9.75. The Bertz CT molecular complexity index is 1210. The monoisotopic (exact) mass is 494 g/mol. The Morgan fingerprint density at radius 1 is 0.714 bits per heavy atom. The first kappa shape index (κ1) is 25.1. The van der Waals surface area contributed by atoms with Crippen molar-refractivity contribution >= 4 is 23.6 Å². The predicted molar refractivity (Wildman–Crippen MR) is 116 cm³/mol. The number of hydrogen-bond donors (Lipinski definition) is 3. The summed E-state index contributed by atoms with van der Waals surface area (Å²) in [6.07, 6.45) is -2.41. The van der Waals surface area contributed by atoms with Crippen LogP contribution in [0.2, 0.25) is 0 Å². The summed E-state index contributed by atoms with van der Waals surface area (Å²) < 4.78 is 72.9. The predicted octanol–water partition coefficient (Wildman–Crippen LogP) is 6.87. The molecule has 0 heterocycles. The first-order chi connectivity index (χ1) is 16.5. The molecule has 3 N–H and O–H groups in total. The molecule has 0 bridgehead atoms. The normalized spacial score (nSPS) is 10.6. The average Bonchev–Trinajstić information content (AvgIpc) is 2.79. The van der Waals surface area contributed by atoms with Gasteiger partial charge in [-0.3, -0.25) is 10.6 Å². The number of anilines is 2. The van der Waals surface area contributed by atoms with Gasteiger partial charge in [0.25, 0.3) is 0 Å². The Morgan fingerprint density at radius 3 is 1.43 bits per heavy atom. The van der Waals surface area contributed by atoms with Crippen molar-refractivity contribution in [3.05, 3.63) is 71.8 Å². The Labute approximate surface area is 196 Å². The molecule has 0 aliphatic rings. The molecular formula is C23H18F4N2O6. The van der Waals surface area contributed by atoms with Gasteiger partial charge < -0.3 is 19.3 Å². The van der Waals surface area contributed by atoms with E-state index in [1.54, 1.807) is 13.8 Å². The fraction of sp³-hybridized carbons (Fsp3) is 0.130. The lowest BCUT2D eigenvalue weighted by Gasteiger charge is -2.14. The molecule has 0 radical (unpaired) electrons. The number of nitrogens with one attached hydrogen (secondary N) is 2. The quantitative estimate of drug-likeness (QED) is 0.244. The molecule has 0 spiro atoms. The van der Waals surface area contributed by atoms with Crippen molar-refractivity contribution in [3.63, 3.8) is 0 Å². The summed E-state index contributed by atoms with van der Waals surface area (Å²) in [5, 5.41) is 13.1. The lowest BCUT2D eigenvalue weighted by Crippen LogP contribution is -2.17. The van der Waals surface area contributed by atoms with Gasteiger partial charge in [-0.15, -0.1) is 0 Å². The van der Waals surface area contributed by atoms with Gasteiger partial charge in [-0.1, -0.05) is 0 Å². The minimum Gasteiger partial charge on any atom is -0.465 e. The average molecular weight is 494 g/mol. The third-order valence-corrected chi connectivity index (χ3v) is 4.17. The van der Waals surface area contributed by atoms with Gasteiger partial charge in [0.2, 0.25) is 34.8 Å². The molecule has 0 unspecified atom stereocenters. The Balaban J connectivity index is 1.79. The van der Waals surface area contributed by atoms with Crippen molar-refractivity contribution in [1.29, 1.82) is 0 Å². The molecule has 0 aliphatic carbocycles. The lowest BCUT2D eigenvalue weighted by molar-refractivity contribution is 0.130. The number of carbonyl (C=O) groups is 2. The van der Waals surface area contributed by atoms with E-state index in [0.29, 0.717) is 0 Å². The van der Waals surface area contributed by atoms with Crippen molar-refractivity contribution < 1.29 is 46.5 Å². The van der Waals surface area contributed by atoms with Gasteiger partial charge in [-0.05, 0) is 62.4 Å². The number of benzene rings is 3. The van der Waals surface area contributed by atoms with E-state index >= 15 is 0 Å². The summed E-state index contributed by atoms with van der Waals surface area (Å²) in [4.78, 5) is 22.2. The van der Waals surface area contributed by atoms with Crippen LogP contribution in [0.15, 0.2) is 48.5 Å². The zero-order valence-electron chi connectivity index (χ0n) is 18.2. The second-order valence-electron chi connectivity index (χ2n) is 7.18. The molecule has 0 atom stereocenters. The van der Waals surface area contributed by atoms with Crippen LogP contribution in [0.1, 0.15) is 13.8 Å². The molecule has 3 aromatic carbocycles. The molecule has 35 heavy (non-hydrogen) atoms. The van der Waals surface area contributed by atoms with Gasteiger partial charge in [-0.25, -0.2) is 9.59 Å². The molecular weight excluding hydrogens is 476 g/mol. The second kappa shape index (κ2) is 10.6. The molecule has 2 amide bonds. The number of ether oxygens (including phenoxy) is 3. The zero-order valence-corrected chi connectivity index (χ0v) is 18.2. The van der Waals surface area contributed by atoms with Crippen LogP contribution in [-0.2, 0) is 4.74 Å². The highest BCUT2D eigenvalue weighted by atomic mass is 19.2. The first-order valence-electron chi connectivity index (χ1n) is 9.94. The first-order valence-corrected chi connectivity index (χ1v) is 9.94. The minimum atomic E-state index is -1.85. The molecule has 3 rings (SSSR count). The summed E-state index contributed by atoms with van der Waals surface area (Å²) in [6.45, 7) is 3.31. The van der Waals surface area contributed by atoms with Gasteiger partial charge >= 0.3 is 12.2 Å². The van der Waals surface area contributed by atoms with Crippen molar-refractivity contribution in [2.45, 2.75) is 20.0 Å². The Kier molecular flexibility index (Phi) is 7.64. The van der Waals surface area contributed by atoms with E-state index < -0.39 is 47.0 Å². The molecule has 0 saturated heterocycles. The zero-order chi connectivity index (χ0) is 25.7. The summed E-state index contributed by atoms with van der Waals surface area (Å²) >= 11 is 0. The molecule has 184 valence electrons. The third kappa shape index (κ3) is 6.31. The van der Waals surface area contributed by atoms with Crippen molar-refractivity contribution in [2.24, 2.45) is 0 Å². The highest BCUT2D eigenvalue weighted by Crippen LogP contribution is 2.39. The van der Waals surface area contributed by atoms with E-state index in [1.165, 1.54) is 36.4 Å². The van der Waals surface area contributed by atoms with Crippen LogP contribution in [0, 0.1) is 23.3 Å². The number of rotatable bonds is 7. The van der Waals surface area contributed by atoms with E-state index in [4.69, 9.17) is 19.3 Å². The lowest BCUT2D eigenvalue weighted by atomic mass is 10.2. The molecule has 12 heteroatoms. The Morgan fingerprint density at radius 2 is 1.09 bits per heavy atom.